The van der Waals surface area contributed by atoms with Crippen LogP contribution in [-0.2, 0) is 4.74 Å². The average Bonchev–Trinajstić information content (AvgIpc) is 2.39. The van der Waals surface area contributed by atoms with Crippen molar-refractivity contribution < 1.29 is 19.0 Å². The van der Waals surface area contributed by atoms with E-state index in [1.54, 1.807) is 12.1 Å². The third-order valence-corrected chi connectivity index (χ3v) is 2.37. The van der Waals surface area contributed by atoms with E-state index in [2.05, 4.69) is 10.6 Å². The van der Waals surface area contributed by atoms with Gasteiger partial charge in [0.25, 0.3) is 0 Å². The van der Waals surface area contributed by atoms with Crippen LogP contribution in [0.4, 0.5) is 9.18 Å². The number of rotatable bonds is 6. The molecule has 0 spiro atoms. The van der Waals surface area contributed by atoms with Crippen molar-refractivity contribution in [2.75, 3.05) is 26.8 Å². The molecule has 0 heterocycles. The van der Waals surface area contributed by atoms with Gasteiger partial charge in [-0.25, -0.2) is 9.18 Å². The summed E-state index contributed by atoms with van der Waals surface area (Å²) < 4.78 is 18.0. The predicted octanol–water partition coefficient (Wildman–Crippen LogP) is 0.805. The van der Waals surface area contributed by atoms with Crippen molar-refractivity contribution in [3.05, 3.63) is 35.6 Å². The quantitative estimate of drug-likeness (QED) is 0.705. The van der Waals surface area contributed by atoms with E-state index in [1.807, 2.05) is 0 Å². The molecular formula is C12H17FN2O3. The molecule has 0 bridgehead atoms. The third-order valence-electron chi connectivity index (χ3n) is 2.37. The smallest absolute Gasteiger partial charge is 0.314 e. The predicted molar refractivity (Wildman–Crippen MR) is 64.6 cm³/mol. The highest BCUT2D eigenvalue weighted by atomic mass is 19.1. The van der Waals surface area contributed by atoms with E-state index in [1.165, 1.54) is 19.2 Å². The summed E-state index contributed by atoms with van der Waals surface area (Å²) in [6, 6.07) is 5.52. The second-order valence-electron chi connectivity index (χ2n) is 3.64. The highest BCUT2D eigenvalue weighted by Crippen LogP contribution is 2.15. The van der Waals surface area contributed by atoms with Crippen LogP contribution in [-0.4, -0.2) is 37.9 Å². The molecule has 0 saturated carbocycles. The minimum absolute atomic E-state index is 0.112. The molecule has 1 rings (SSSR count). The van der Waals surface area contributed by atoms with Gasteiger partial charge in [-0.15, -0.1) is 0 Å². The summed E-state index contributed by atoms with van der Waals surface area (Å²) in [5.74, 6) is -0.317. The van der Waals surface area contributed by atoms with Gasteiger partial charge >= 0.3 is 6.03 Å². The maximum Gasteiger partial charge on any atom is 0.314 e. The van der Waals surface area contributed by atoms with Gasteiger partial charge in [0, 0.05) is 20.2 Å². The molecule has 0 aromatic heterocycles. The molecule has 6 heteroatoms. The lowest BCUT2D eigenvalue weighted by Gasteiger charge is -2.16. The summed E-state index contributed by atoms with van der Waals surface area (Å²) in [5.41, 5.74) is 0.779. The summed E-state index contributed by atoms with van der Waals surface area (Å²) in [6.45, 7) is 0.346. The number of methoxy groups -OCH3 is 1. The Morgan fingerprint density at radius 2 is 2.06 bits per heavy atom. The number of halogens is 1. The number of ether oxygens (including phenoxy) is 1. The minimum Gasteiger partial charge on any atom is -0.395 e. The summed E-state index contributed by atoms with van der Waals surface area (Å²) in [7, 11) is 1.52. The molecule has 0 saturated heterocycles. The van der Waals surface area contributed by atoms with Gasteiger partial charge in [-0.1, -0.05) is 12.1 Å². The Bertz CT molecular complexity index is 370. The van der Waals surface area contributed by atoms with Crippen LogP contribution in [0.3, 0.4) is 0 Å². The van der Waals surface area contributed by atoms with Crippen molar-refractivity contribution in [1.82, 2.24) is 10.6 Å². The minimum atomic E-state index is -0.381. The Morgan fingerprint density at radius 1 is 1.39 bits per heavy atom. The number of urea groups is 1. The zero-order valence-corrected chi connectivity index (χ0v) is 10.1. The number of aliphatic hydroxyl groups is 1. The van der Waals surface area contributed by atoms with Crippen molar-refractivity contribution in [3.8, 4) is 0 Å². The molecule has 0 radical (unpaired) electrons. The molecule has 100 valence electrons. The summed E-state index contributed by atoms with van der Waals surface area (Å²) in [5, 5.41) is 13.6. The first-order chi connectivity index (χ1) is 8.67. The lowest BCUT2D eigenvalue weighted by atomic mass is 10.1. The monoisotopic (exact) mass is 256 g/mol. The van der Waals surface area contributed by atoms with E-state index in [0.29, 0.717) is 0 Å². The number of nitrogens with one attached hydrogen (secondary N) is 2. The van der Waals surface area contributed by atoms with Gasteiger partial charge in [0.1, 0.15) is 5.82 Å². The molecule has 1 aromatic carbocycles. The van der Waals surface area contributed by atoms with Crippen molar-refractivity contribution in [1.29, 1.82) is 0 Å². The Balaban J connectivity index is 2.47. The third kappa shape index (κ3) is 4.68. The number of amides is 2. The number of benzene rings is 1. The number of carbonyl (C=O) groups is 1. The normalized spacial score (nSPS) is 11.9. The van der Waals surface area contributed by atoms with E-state index < -0.39 is 0 Å². The number of hydrogen-bond donors (Lipinski definition) is 3. The molecule has 0 aliphatic heterocycles. The SMILES string of the molecule is COC(CNC(=O)NCCO)c1ccc(F)cc1. The molecule has 2 amide bonds. The van der Waals surface area contributed by atoms with Gasteiger partial charge in [0.05, 0.1) is 12.7 Å². The van der Waals surface area contributed by atoms with Crippen molar-refractivity contribution >= 4 is 6.03 Å². The molecule has 1 aromatic rings. The van der Waals surface area contributed by atoms with Gasteiger partial charge < -0.3 is 20.5 Å². The molecule has 1 atom stereocenters. The topological polar surface area (TPSA) is 70.6 Å². The van der Waals surface area contributed by atoms with Crippen LogP contribution in [0.1, 0.15) is 11.7 Å². The first-order valence-corrected chi connectivity index (χ1v) is 5.58. The van der Waals surface area contributed by atoms with Crippen LogP contribution < -0.4 is 10.6 Å². The Kier molecular flexibility index (Phi) is 6.10. The second-order valence-corrected chi connectivity index (χ2v) is 3.64. The molecule has 0 fully saturated rings. The molecule has 18 heavy (non-hydrogen) atoms. The fourth-order valence-corrected chi connectivity index (χ4v) is 1.43. The van der Waals surface area contributed by atoms with Crippen molar-refractivity contribution in [2.24, 2.45) is 0 Å². The van der Waals surface area contributed by atoms with Crippen LogP contribution in [0, 0.1) is 5.82 Å². The van der Waals surface area contributed by atoms with Gasteiger partial charge in [-0.3, -0.25) is 0 Å². The number of carbonyl (C=O) groups excluding carboxylic acids is 1. The Labute approximate surface area is 105 Å². The van der Waals surface area contributed by atoms with Crippen LogP contribution in [0.5, 0.6) is 0 Å². The van der Waals surface area contributed by atoms with Crippen LogP contribution in [0.2, 0.25) is 0 Å². The van der Waals surface area contributed by atoms with Crippen molar-refractivity contribution in [3.63, 3.8) is 0 Å². The van der Waals surface area contributed by atoms with Gasteiger partial charge in [0.15, 0.2) is 0 Å². The van der Waals surface area contributed by atoms with Gasteiger partial charge in [-0.2, -0.15) is 0 Å². The lowest BCUT2D eigenvalue weighted by molar-refractivity contribution is 0.104. The first kappa shape index (κ1) is 14.4. The number of aliphatic hydroxyl groups excluding tert-OH is 1. The molecule has 0 aliphatic carbocycles. The van der Waals surface area contributed by atoms with E-state index in [4.69, 9.17) is 9.84 Å². The highest BCUT2D eigenvalue weighted by molar-refractivity contribution is 5.73. The average molecular weight is 256 g/mol. The molecule has 1 unspecified atom stereocenters. The van der Waals surface area contributed by atoms with E-state index in [0.717, 1.165) is 5.56 Å². The van der Waals surface area contributed by atoms with Gasteiger partial charge in [0.2, 0.25) is 0 Å². The Morgan fingerprint density at radius 3 is 2.61 bits per heavy atom. The van der Waals surface area contributed by atoms with Crippen LogP contribution in [0.15, 0.2) is 24.3 Å². The van der Waals surface area contributed by atoms with Gasteiger partial charge in [-0.05, 0) is 17.7 Å². The summed E-state index contributed by atoms with van der Waals surface area (Å²) in [4.78, 5) is 11.3. The maximum absolute atomic E-state index is 12.8. The molecule has 5 nitrogen and oxygen atoms in total. The van der Waals surface area contributed by atoms with Crippen LogP contribution in [0.25, 0.3) is 0 Å². The summed E-state index contributed by atoms with van der Waals surface area (Å²) in [6.07, 6.45) is -0.342. The fraction of sp³-hybridized carbons (Fsp3) is 0.417. The highest BCUT2D eigenvalue weighted by Gasteiger charge is 2.11. The Hall–Kier alpha value is -1.66. The molecule has 3 N–H and O–H groups in total. The maximum atomic E-state index is 12.8. The van der Waals surface area contributed by atoms with Crippen molar-refractivity contribution in [2.45, 2.75) is 6.10 Å². The van der Waals surface area contributed by atoms with E-state index in [9.17, 15) is 9.18 Å². The van der Waals surface area contributed by atoms with Crippen LogP contribution >= 0.6 is 0 Å². The second kappa shape index (κ2) is 7.62. The number of hydrogen-bond acceptors (Lipinski definition) is 3. The zero-order chi connectivity index (χ0) is 13.4. The molecular weight excluding hydrogens is 239 g/mol. The molecule has 0 aliphatic rings. The lowest BCUT2D eigenvalue weighted by Crippen LogP contribution is -2.39. The van der Waals surface area contributed by atoms with E-state index >= 15 is 0 Å². The first-order valence-electron chi connectivity index (χ1n) is 5.58. The zero-order valence-electron chi connectivity index (χ0n) is 10.1. The summed E-state index contributed by atoms with van der Waals surface area (Å²) >= 11 is 0. The standard InChI is InChI=1S/C12H17FN2O3/c1-18-11(8-15-12(17)14-6-7-16)9-2-4-10(13)5-3-9/h2-5,11,16H,6-8H2,1H3,(H2,14,15,17). The van der Waals surface area contributed by atoms with E-state index in [-0.39, 0.29) is 37.6 Å². The fourth-order valence-electron chi connectivity index (χ4n) is 1.43. The largest absolute Gasteiger partial charge is 0.395 e.